The summed E-state index contributed by atoms with van der Waals surface area (Å²) in [6.07, 6.45) is 0.920. The van der Waals surface area contributed by atoms with Crippen molar-refractivity contribution in [3.8, 4) is 0 Å². The minimum absolute atomic E-state index is 0. The monoisotopic (exact) mass is 370 g/mol. The molecule has 1 heterocycles. The molecule has 2 atom stereocenters. The Morgan fingerprint density at radius 2 is 2.10 bits per heavy atom. The van der Waals surface area contributed by atoms with Gasteiger partial charge in [0.15, 0.2) is 5.60 Å². The second-order valence-corrected chi connectivity index (χ2v) is 6.78. The second kappa shape index (κ2) is 5.78. The quantitative estimate of drug-likeness (QED) is 0.755. The first-order valence-corrected chi connectivity index (χ1v) is 7.82. The van der Waals surface area contributed by atoms with Crippen molar-refractivity contribution in [1.82, 2.24) is 0 Å². The number of halogens is 1. The van der Waals surface area contributed by atoms with Gasteiger partial charge >= 0.3 is 0 Å². The number of ether oxygens (including phenoxy) is 1. The summed E-state index contributed by atoms with van der Waals surface area (Å²) in [5.41, 5.74) is 1.02. The zero-order chi connectivity index (χ0) is 14.5. The van der Waals surface area contributed by atoms with E-state index in [1.165, 1.54) is 6.92 Å². The van der Waals surface area contributed by atoms with Crippen LogP contribution in [0.3, 0.4) is 0 Å². The summed E-state index contributed by atoms with van der Waals surface area (Å²) in [5.74, 6) is 1.08. The second-order valence-electron chi connectivity index (χ2n) is 5.67. The van der Waals surface area contributed by atoms with E-state index in [0.29, 0.717) is 11.3 Å². The lowest BCUT2D eigenvalue weighted by Gasteiger charge is -2.33. The van der Waals surface area contributed by atoms with Crippen LogP contribution in [0.2, 0.25) is 0 Å². The minimum atomic E-state index is -1.57. The van der Waals surface area contributed by atoms with Crippen LogP contribution in [0.15, 0.2) is 24.0 Å². The van der Waals surface area contributed by atoms with E-state index in [4.69, 9.17) is 4.74 Å². The topological polar surface area (TPSA) is 46.5 Å². The minimum Gasteiger partial charge on any atom is -0.490 e. The van der Waals surface area contributed by atoms with Gasteiger partial charge in [-0.2, -0.15) is 0 Å². The highest BCUT2D eigenvalue weighted by Crippen LogP contribution is 2.46. The predicted molar refractivity (Wildman–Crippen MR) is 91.0 cm³/mol. The van der Waals surface area contributed by atoms with E-state index >= 15 is 0 Å². The molecule has 0 bridgehead atoms. The Balaban J connectivity index is 0.00000161. The molecule has 21 heavy (non-hydrogen) atoms. The fourth-order valence-electron chi connectivity index (χ4n) is 2.65. The summed E-state index contributed by atoms with van der Waals surface area (Å²) in [6, 6.07) is 5.72. The molecule has 1 N–H and O–H groups in total. The SMILES string of the molecule is Br.Cc1ccc2c(c1)C1=C(OC(C)CCS1)C(C)(O)C2=O. The molecule has 0 saturated heterocycles. The van der Waals surface area contributed by atoms with Gasteiger partial charge in [0.25, 0.3) is 0 Å². The standard InChI is InChI=1S/C16H18O3S.BrH/c1-9-4-5-11-12(8-9)13-15(16(3,18)14(11)17)19-10(2)6-7-20-13;/h4-5,8,10,18H,6-7H2,1-3H3;1H. The fraction of sp³-hybridized carbons (Fsp3) is 0.438. The Bertz CT molecular complexity index is 622. The van der Waals surface area contributed by atoms with Crippen molar-refractivity contribution >= 4 is 39.4 Å². The highest BCUT2D eigenvalue weighted by Gasteiger charge is 2.45. The first-order chi connectivity index (χ1) is 9.41. The number of ketones is 1. The van der Waals surface area contributed by atoms with Gasteiger partial charge in [-0.25, -0.2) is 0 Å². The zero-order valence-corrected chi connectivity index (χ0v) is 14.8. The van der Waals surface area contributed by atoms with Crippen LogP contribution in [0.25, 0.3) is 4.91 Å². The molecule has 0 fully saturated rings. The summed E-state index contributed by atoms with van der Waals surface area (Å²) in [6.45, 7) is 5.51. The lowest BCUT2D eigenvalue weighted by Crippen LogP contribution is -2.42. The van der Waals surface area contributed by atoms with E-state index in [1.54, 1.807) is 17.8 Å². The number of hydrogen-bond acceptors (Lipinski definition) is 4. The maximum Gasteiger partial charge on any atom is 0.202 e. The Hall–Kier alpha value is -0.780. The third-order valence-corrected chi connectivity index (χ3v) is 4.98. The van der Waals surface area contributed by atoms with Gasteiger partial charge in [0.1, 0.15) is 5.76 Å². The number of thioether (sulfide) groups is 1. The number of rotatable bonds is 0. The molecule has 1 aliphatic heterocycles. The zero-order valence-electron chi connectivity index (χ0n) is 12.3. The van der Waals surface area contributed by atoms with E-state index in [-0.39, 0.29) is 28.9 Å². The average molecular weight is 371 g/mol. The Kier molecular flexibility index (Phi) is 4.57. The number of carbonyl (C=O) groups is 1. The highest BCUT2D eigenvalue weighted by molar-refractivity contribution is 8.93. The molecule has 3 nitrogen and oxygen atoms in total. The number of fused-ring (bicyclic) bond motifs is 2. The molecule has 1 aromatic rings. The smallest absolute Gasteiger partial charge is 0.202 e. The van der Waals surface area contributed by atoms with Gasteiger partial charge in [-0.05, 0) is 27.2 Å². The van der Waals surface area contributed by atoms with Crippen LogP contribution in [0.4, 0.5) is 0 Å². The maximum absolute atomic E-state index is 12.5. The molecule has 0 aromatic heterocycles. The maximum atomic E-state index is 12.5. The molecule has 0 saturated carbocycles. The number of hydrogen-bond donors (Lipinski definition) is 1. The summed E-state index contributed by atoms with van der Waals surface area (Å²) in [4.78, 5) is 13.5. The molecule has 2 aliphatic rings. The summed E-state index contributed by atoms with van der Waals surface area (Å²) in [7, 11) is 0. The van der Waals surface area contributed by atoms with Crippen molar-refractivity contribution in [3.05, 3.63) is 40.6 Å². The molecule has 0 radical (unpaired) electrons. The van der Waals surface area contributed by atoms with Crippen LogP contribution in [0.1, 0.15) is 41.8 Å². The number of aliphatic hydroxyl groups is 1. The van der Waals surface area contributed by atoms with Crippen molar-refractivity contribution in [2.75, 3.05) is 5.75 Å². The summed E-state index contributed by atoms with van der Waals surface area (Å²) in [5, 5.41) is 10.7. The normalized spacial score (nSPS) is 28.0. The number of carbonyl (C=O) groups excluding carboxylic acids is 1. The molecule has 3 rings (SSSR count). The largest absolute Gasteiger partial charge is 0.490 e. The van der Waals surface area contributed by atoms with Crippen LogP contribution < -0.4 is 0 Å². The molecule has 114 valence electrons. The first-order valence-electron chi connectivity index (χ1n) is 6.83. The van der Waals surface area contributed by atoms with E-state index in [9.17, 15) is 9.90 Å². The Morgan fingerprint density at radius 3 is 2.81 bits per heavy atom. The van der Waals surface area contributed by atoms with Crippen molar-refractivity contribution in [3.63, 3.8) is 0 Å². The van der Waals surface area contributed by atoms with Gasteiger partial charge < -0.3 is 9.84 Å². The molecule has 0 amide bonds. The predicted octanol–water partition coefficient (Wildman–Crippen LogP) is 3.73. The van der Waals surface area contributed by atoms with Crippen molar-refractivity contribution < 1.29 is 14.6 Å². The van der Waals surface area contributed by atoms with Crippen LogP contribution >= 0.6 is 28.7 Å². The van der Waals surface area contributed by atoms with Gasteiger partial charge in [0.05, 0.1) is 11.0 Å². The molecule has 2 unspecified atom stereocenters. The van der Waals surface area contributed by atoms with Gasteiger partial charge in [-0.15, -0.1) is 28.7 Å². The van der Waals surface area contributed by atoms with E-state index in [2.05, 4.69) is 0 Å². The number of Topliss-reactive ketones (excluding diaryl/α,β-unsaturated/α-hetero) is 1. The van der Waals surface area contributed by atoms with Crippen molar-refractivity contribution in [2.45, 2.75) is 38.9 Å². The van der Waals surface area contributed by atoms with Crippen molar-refractivity contribution in [2.24, 2.45) is 0 Å². The lowest BCUT2D eigenvalue weighted by molar-refractivity contribution is 0.00865. The fourth-order valence-corrected chi connectivity index (χ4v) is 4.01. The van der Waals surface area contributed by atoms with E-state index in [1.807, 2.05) is 26.0 Å². The summed E-state index contributed by atoms with van der Waals surface area (Å²) < 4.78 is 5.89. The van der Waals surface area contributed by atoms with Gasteiger partial charge in [-0.1, -0.05) is 23.8 Å². The van der Waals surface area contributed by atoms with Crippen LogP contribution in [-0.4, -0.2) is 28.3 Å². The molecule has 0 spiro atoms. The third-order valence-electron chi connectivity index (χ3n) is 3.84. The molecule has 5 heteroatoms. The highest BCUT2D eigenvalue weighted by atomic mass is 79.9. The molecular formula is C16H19BrO3S. The van der Waals surface area contributed by atoms with Gasteiger partial charge in [-0.3, -0.25) is 4.79 Å². The number of aryl methyl sites for hydroxylation is 1. The average Bonchev–Trinajstić information content (AvgIpc) is 2.59. The molecular weight excluding hydrogens is 352 g/mol. The molecule has 1 aromatic carbocycles. The van der Waals surface area contributed by atoms with Crippen LogP contribution in [-0.2, 0) is 4.74 Å². The van der Waals surface area contributed by atoms with E-state index in [0.717, 1.165) is 28.2 Å². The first kappa shape index (κ1) is 16.6. The number of benzene rings is 1. The lowest BCUT2D eigenvalue weighted by atomic mass is 9.83. The van der Waals surface area contributed by atoms with Gasteiger partial charge in [0.2, 0.25) is 5.78 Å². The van der Waals surface area contributed by atoms with Crippen LogP contribution in [0.5, 0.6) is 0 Å². The van der Waals surface area contributed by atoms with Crippen molar-refractivity contribution in [1.29, 1.82) is 0 Å². The third kappa shape index (κ3) is 2.67. The Morgan fingerprint density at radius 1 is 1.38 bits per heavy atom. The van der Waals surface area contributed by atoms with Gasteiger partial charge in [0, 0.05) is 16.9 Å². The van der Waals surface area contributed by atoms with E-state index < -0.39 is 5.60 Å². The van der Waals surface area contributed by atoms with Crippen LogP contribution in [0, 0.1) is 6.92 Å². The molecule has 1 aliphatic carbocycles. The Labute approximate surface area is 139 Å². The summed E-state index contributed by atoms with van der Waals surface area (Å²) >= 11 is 1.67.